The van der Waals surface area contributed by atoms with Crippen molar-refractivity contribution in [3.8, 4) is 11.3 Å². The summed E-state index contributed by atoms with van der Waals surface area (Å²) in [7, 11) is 0. The minimum absolute atomic E-state index is 0.171. The Morgan fingerprint density at radius 1 is 1.41 bits per heavy atom. The molecule has 90 valence electrons. The Labute approximate surface area is 98.3 Å². The zero-order chi connectivity index (χ0) is 12.4. The number of hydrogen-bond acceptors (Lipinski definition) is 3. The van der Waals surface area contributed by atoms with Crippen LogP contribution in [-0.2, 0) is 0 Å². The largest absolute Gasteiger partial charge is 0.394 e. The second-order valence-electron chi connectivity index (χ2n) is 3.89. The first-order valence-corrected chi connectivity index (χ1v) is 5.30. The molecule has 0 spiro atoms. The number of imidazole rings is 1. The molecular weight excluding hydrogens is 221 g/mol. The third kappa shape index (κ3) is 2.35. The fourth-order valence-corrected chi connectivity index (χ4v) is 1.63. The number of hydrogen-bond donors (Lipinski definition) is 3. The van der Waals surface area contributed by atoms with Crippen molar-refractivity contribution in [1.82, 2.24) is 9.97 Å². The summed E-state index contributed by atoms with van der Waals surface area (Å²) in [5.41, 5.74) is 8.06. The Morgan fingerprint density at radius 2 is 2.06 bits per heavy atom. The van der Waals surface area contributed by atoms with Crippen LogP contribution >= 0.6 is 0 Å². The maximum Gasteiger partial charge on any atom is 0.126 e. The first kappa shape index (κ1) is 11.8. The Hall–Kier alpha value is -1.72. The summed E-state index contributed by atoms with van der Waals surface area (Å²) in [6.45, 7) is 1.69. The van der Waals surface area contributed by atoms with Crippen molar-refractivity contribution in [2.75, 3.05) is 6.61 Å². The van der Waals surface area contributed by atoms with Gasteiger partial charge in [0.1, 0.15) is 11.6 Å². The zero-order valence-corrected chi connectivity index (χ0v) is 9.44. The van der Waals surface area contributed by atoms with Crippen LogP contribution in [0.5, 0.6) is 0 Å². The molecule has 4 N–H and O–H groups in total. The van der Waals surface area contributed by atoms with Gasteiger partial charge in [-0.1, -0.05) is 0 Å². The number of halogens is 1. The van der Waals surface area contributed by atoms with E-state index in [0.717, 1.165) is 17.0 Å². The van der Waals surface area contributed by atoms with Crippen LogP contribution in [0.1, 0.15) is 17.6 Å². The lowest BCUT2D eigenvalue weighted by Crippen LogP contribution is -2.16. The van der Waals surface area contributed by atoms with Crippen LogP contribution in [0.15, 0.2) is 24.3 Å². The van der Waals surface area contributed by atoms with Gasteiger partial charge in [0.2, 0.25) is 0 Å². The van der Waals surface area contributed by atoms with Gasteiger partial charge in [-0.05, 0) is 31.2 Å². The van der Waals surface area contributed by atoms with Gasteiger partial charge in [-0.25, -0.2) is 9.37 Å². The molecule has 0 aliphatic rings. The second-order valence-corrected chi connectivity index (χ2v) is 3.89. The molecule has 1 aromatic heterocycles. The maximum atomic E-state index is 12.8. The standard InChI is InChI=1S/C12H14FN3O/c1-7-11(8-2-4-9(13)5-3-8)16-12(15-7)10(14)6-17/h2-5,10,17H,6,14H2,1H3,(H,15,16). The van der Waals surface area contributed by atoms with E-state index in [1.165, 1.54) is 12.1 Å². The molecule has 2 aromatic rings. The van der Waals surface area contributed by atoms with Crippen LogP contribution in [0.3, 0.4) is 0 Å². The van der Waals surface area contributed by atoms with E-state index in [4.69, 9.17) is 10.8 Å². The molecular formula is C12H14FN3O. The van der Waals surface area contributed by atoms with E-state index >= 15 is 0 Å². The molecule has 5 heteroatoms. The lowest BCUT2D eigenvalue weighted by atomic mass is 10.1. The second kappa shape index (κ2) is 4.65. The molecule has 0 aliphatic heterocycles. The number of nitrogens with zero attached hydrogens (tertiary/aromatic N) is 1. The lowest BCUT2D eigenvalue weighted by molar-refractivity contribution is 0.264. The molecule has 2 rings (SSSR count). The van der Waals surface area contributed by atoms with Crippen molar-refractivity contribution in [3.05, 3.63) is 41.6 Å². The normalized spacial score (nSPS) is 12.7. The number of benzene rings is 1. The summed E-state index contributed by atoms with van der Waals surface area (Å²) in [5, 5.41) is 8.96. The van der Waals surface area contributed by atoms with Crippen LogP contribution in [0, 0.1) is 12.7 Å². The highest BCUT2D eigenvalue weighted by Gasteiger charge is 2.13. The predicted octanol–water partition coefficient (Wildman–Crippen LogP) is 1.52. The van der Waals surface area contributed by atoms with Crippen molar-refractivity contribution in [2.24, 2.45) is 5.73 Å². The van der Waals surface area contributed by atoms with Gasteiger partial charge >= 0.3 is 0 Å². The highest BCUT2D eigenvalue weighted by Crippen LogP contribution is 2.22. The number of aryl methyl sites for hydroxylation is 1. The fraction of sp³-hybridized carbons (Fsp3) is 0.250. The van der Waals surface area contributed by atoms with E-state index in [9.17, 15) is 4.39 Å². The molecule has 1 unspecified atom stereocenters. The number of aliphatic hydroxyl groups excluding tert-OH is 1. The molecule has 0 saturated heterocycles. The molecule has 17 heavy (non-hydrogen) atoms. The summed E-state index contributed by atoms with van der Waals surface area (Å²) < 4.78 is 12.8. The smallest absolute Gasteiger partial charge is 0.126 e. The zero-order valence-electron chi connectivity index (χ0n) is 9.44. The molecule has 4 nitrogen and oxygen atoms in total. The number of nitrogens with one attached hydrogen (secondary N) is 1. The van der Waals surface area contributed by atoms with Gasteiger partial charge in [-0.2, -0.15) is 0 Å². The van der Waals surface area contributed by atoms with Gasteiger partial charge in [0.05, 0.1) is 18.3 Å². The van der Waals surface area contributed by atoms with Crippen LogP contribution < -0.4 is 5.73 Å². The first-order valence-electron chi connectivity index (χ1n) is 5.30. The number of rotatable bonds is 3. The molecule has 0 amide bonds. The van der Waals surface area contributed by atoms with E-state index < -0.39 is 6.04 Å². The minimum Gasteiger partial charge on any atom is -0.394 e. The van der Waals surface area contributed by atoms with E-state index in [1.54, 1.807) is 12.1 Å². The molecule has 1 atom stereocenters. The predicted molar refractivity (Wildman–Crippen MR) is 62.7 cm³/mol. The minimum atomic E-state index is -0.525. The van der Waals surface area contributed by atoms with Crippen molar-refractivity contribution in [2.45, 2.75) is 13.0 Å². The van der Waals surface area contributed by atoms with E-state index in [1.807, 2.05) is 6.92 Å². The summed E-state index contributed by atoms with van der Waals surface area (Å²) in [4.78, 5) is 7.34. The van der Waals surface area contributed by atoms with Gasteiger partial charge < -0.3 is 15.8 Å². The van der Waals surface area contributed by atoms with Gasteiger partial charge in [0, 0.05) is 11.3 Å². The molecule has 1 heterocycles. The number of H-pyrrole nitrogens is 1. The van der Waals surface area contributed by atoms with E-state index in [0.29, 0.717) is 5.82 Å². The average molecular weight is 235 g/mol. The number of aromatic nitrogens is 2. The maximum absolute atomic E-state index is 12.8. The molecule has 1 aromatic carbocycles. The molecule has 0 aliphatic carbocycles. The quantitative estimate of drug-likeness (QED) is 0.755. The average Bonchev–Trinajstić information content (AvgIpc) is 2.71. The van der Waals surface area contributed by atoms with E-state index in [2.05, 4.69) is 9.97 Å². The number of aliphatic hydroxyl groups is 1. The summed E-state index contributed by atoms with van der Waals surface area (Å²) in [5.74, 6) is 0.249. The van der Waals surface area contributed by atoms with Crippen molar-refractivity contribution in [1.29, 1.82) is 0 Å². The van der Waals surface area contributed by atoms with E-state index in [-0.39, 0.29) is 12.4 Å². The SMILES string of the molecule is Cc1[nH]c(C(N)CO)nc1-c1ccc(F)cc1. The Balaban J connectivity index is 2.39. The highest BCUT2D eigenvalue weighted by molar-refractivity contribution is 5.61. The monoisotopic (exact) mass is 235 g/mol. The topological polar surface area (TPSA) is 74.9 Å². The molecule has 0 bridgehead atoms. The van der Waals surface area contributed by atoms with Gasteiger partial charge in [-0.3, -0.25) is 0 Å². The Morgan fingerprint density at radius 3 is 2.65 bits per heavy atom. The van der Waals surface area contributed by atoms with Crippen molar-refractivity contribution < 1.29 is 9.50 Å². The molecule has 0 radical (unpaired) electrons. The van der Waals surface area contributed by atoms with Crippen LogP contribution in [-0.4, -0.2) is 21.7 Å². The van der Waals surface area contributed by atoms with Gasteiger partial charge in [0.15, 0.2) is 0 Å². The summed E-state index contributed by atoms with van der Waals surface area (Å²) in [6.07, 6.45) is 0. The lowest BCUT2D eigenvalue weighted by Gasteiger charge is -2.02. The third-order valence-electron chi connectivity index (χ3n) is 2.57. The van der Waals surface area contributed by atoms with Crippen LogP contribution in [0.4, 0.5) is 4.39 Å². The first-order chi connectivity index (χ1) is 8.11. The summed E-state index contributed by atoms with van der Waals surface area (Å²) in [6, 6.07) is 5.56. The number of nitrogens with two attached hydrogens (primary N) is 1. The Bertz CT molecular complexity index is 507. The van der Waals surface area contributed by atoms with Crippen LogP contribution in [0.25, 0.3) is 11.3 Å². The third-order valence-corrected chi connectivity index (χ3v) is 2.57. The van der Waals surface area contributed by atoms with Crippen LogP contribution in [0.2, 0.25) is 0 Å². The van der Waals surface area contributed by atoms with Crippen molar-refractivity contribution >= 4 is 0 Å². The highest BCUT2D eigenvalue weighted by atomic mass is 19.1. The summed E-state index contributed by atoms with van der Waals surface area (Å²) >= 11 is 0. The molecule has 0 saturated carbocycles. The Kier molecular flexibility index (Phi) is 3.21. The molecule has 0 fully saturated rings. The van der Waals surface area contributed by atoms with Crippen molar-refractivity contribution in [3.63, 3.8) is 0 Å². The van der Waals surface area contributed by atoms with Gasteiger partial charge in [-0.15, -0.1) is 0 Å². The van der Waals surface area contributed by atoms with Gasteiger partial charge in [0.25, 0.3) is 0 Å². The fourth-order valence-electron chi connectivity index (χ4n) is 1.63. The number of aromatic amines is 1.